The van der Waals surface area contributed by atoms with E-state index in [1.807, 2.05) is 0 Å². The highest BCUT2D eigenvalue weighted by molar-refractivity contribution is 5.85. The van der Waals surface area contributed by atoms with Gasteiger partial charge in [-0.1, -0.05) is 12.8 Å². The maximum Gasteiger partial charge on any atom is 0.323 e. The van der Waals surface area contributed by atoms with Crippen LogP contribution in [0.3, 0.4) is 0 Å². The van der Waals surface area contributed by atoms with E-state index in [9.17, 15) is 9.59 Å². The molecule has 3 N–H and O–H groups in total. The quantitative estimate of drug-likeness (QED) is 0.680. The van der Waals surface area contributed by atoms with Gasteiger partial charge >= 0.3 is 5.97 Å². The number of aliphatic carboxylic acids is 1. The van der Waals surface area contributed by atoms with E-state index >= 15 is 0 Å². The third-order valence-corrected chi connectivity index (χ3v) is 3.30. The number of methoxy groups -OCH3 is 1. The Bertz CT molecular complexity index is 290. The smallest absolute Gasteiger partial charge is 0.323 e. The Balaban J connectivity index is 2.62. The summed E-state index contributed by atoms with van der Waals surface area (Å²) in [5, 5.41) is 8.89. The zero-order valence-electron chi connectivity index (χ0n) is 10.8. The molecule has 0 aromatic rings. The molecule has 1 fully saturated rings. The lowest BCUT2D eigenvalue weighted by Crippen LogP contribution is -2.50. The molecule has 0 saturated heterocycles. The van der Waals surface area contributed by atoms with Crippen molar-refractivity contribution < 1.29 is 19.4 Å². The highest BCUT2D eigenvalue weighted by Gasteiger charge is 2.30. The number of hydrogen-bond donors (Lipinski definition) is 2. The molecule has 104 valence electrons. The molecule has 1 saturated carbocycles. The molecule has 0 aromatic heterocycles. The van der Waals surface area contributed by atoms with Crippen LogP contribution in [0.2, 0.25) is 0 Å². The average molecular weight is 258 g/mol. The normalized spacial score (nSPS) is 17.7. The Kier molecular flexibility index (Phi) is 6.07. The first-order chi connectivity index (χ1) is 8.56. The van der Waals surface area contributed by atoms with Gasteiger partial charge in [-0.05, 0) is 19.3 Å². The van der Waals surface area contributed by atoms with Gasteiger partial charge in [0.2, 0.25) is 5.91 Å². The molecule has 1 unspecified atom stereocenters. The van der Waals surface area contributed by atoms with E-state index in [-0.39, 0.29) is 18.5 Å². The average Bonchev–Trinajstić information content (AvgIpc) is 2.85. The number of hydrogen-bond acceptors (Lipinski definition) is 4. The summed E-state index contributed by atoms with van der Waals surface area (Å²) in [7, 11) is 1.54. The van der Waals surface area contributed by atoms with Crippen molar-refractivity contribution in [2.24, 2.45) is 5.73 Å². The number of rotatable bonds is 7. The molecular weight excluding hydrogens is 236 g/mol. The van der Waals surface area contributed by atoms with E-state index < -0.39 is 12.0 Å². The predicted molar refractivity (Wildman–Crippen MR) is 66.1 cm³/mol. The van der Waals surface area contributed by atoms with Crippen LogP contribution >= 0.6 is 0 Å². The van der Waals surface area contributed by atoms with E-state index in [0.717, 1.165) is 25.7 Å². The topological polar surface area (TPSA) is 92.9 Å². The number of nitrogens with two attached hydrogens (primary N) is 1. The molecule has 1 aliphatic carbocycles. The van der Waals surface area contributed by atoms with Crippen molar-refractivity contribution >= 4 is 11.9 Å². The van der Waals surface area contributed by atoms with Crippen LogP contribution in [0.4, 0.5) is 0 Å². The molecule has 0 bridgehead atoms. The molecule has 1 amide bonds. The second-order valence-corrected chi connectivity index (χ2v) is 4.69. The van der Waals surface area contributed by atoms with Crippen LogP contribution in [0.25, 0.3) is 0 Å². The zero-order valence-corrected chi connectivity index (χ0v) is 10.8. The number of ether oxygens (including phenoxy) is 1. The first-order valence-electron chi connectivity index (χ1n) is 6.33. The summed E-state index contributed by atoms with van der Waals surface area (Å²) in [5.41, 5.74) is 5.78. The SMILES string of the molecule is COCCC(N)C(=O)N(CC(=O)O)C1CCCC1. The third-order valence-electron chi connectivity index (χ3n) is 3.30. The van der Waals surface area contributed by atoms with Crippen molar-refractivity contribution in [3.05, 3.63) is 0 Å². The van der Waals surface area contributed by atoms with Crippen LogP contribution in [0.1, 0.15) is 32.1 Å². The maximum atomic E-state index is 12.2. The van der Waals surface area contributed by atoms with E-state index in [0.29, 0.717) is 13.0 Å². The Morgan fingerprint density at radius 3 is 2.56 bits per heavy atom. The maximum absolute atomic E-state index is 12.2. The van der Waals surface area contributed by atoms with E-state index in [4.69, 9.17) is 15.6 Å². The third kappa shape index (κ3) is 4.27. The lowest BCUT2D eigenvalue weighted by molar-refractivity contribution is -0.147. The summed E-state index contributed by atoms with van der Waals surface area (Å²) in [6, 6.07) is -0.646. The number of nitrogens with zero attached hydrogens (tertiary/aromatic N) is 1. The van der Waals surface area contributed by atoms with E-state index in [2.05, 4.69) is 0 Å². The fourth-order valence-corrected chi connectivity index (χ4v) is 2.33. The number of carboxylic acid groups (broad SMARTS) is 1. The molecule has 1 aliphatic rings. The van der Waals surface area contributed by atoms with Crippen LogP contribution < -0.4 is 5.73 Å². The molecular formula is C12H22N2O4. The molecule has 0 spiro atoms. The molecule has 0 heterocycles. The van der Waals surface area contributed by atoms with Crippen LogP contribution in [-0.4, -0.2) is 54.2 Å². The molecule has 18 heavy (non-hydrogen) atoms. The summed E-state index contributed by atoms with van der Waals surface area (Å²) >= 11 is 0. The number of carboxylic acids is 1. The standard InChI is InChI=1S/C12H22N2O4/c1-18-7-6-10(13)12(17)14(8-11(15)16)9-4-2-3-5-9/h9-10H,2-8,13H2,1H3,(H,15,16). The van der Waals surface area contributed by atoms with Gasteiger partial charge in [0.1, 0.15) is 6.54 Å². The second-order valence-electron chi connectivity index (χ2n) is 4.69. The summed E-state index contributed by atoms with van der Waals surface area (Å²) in [5.74, 6) is -1.27. The molecule has 6 nitrogen and oxygen atoms in total. The molecule has 0 aliphatic heterocycles. The van der Waals surface area contributed by atoms with Gasteiger partial charge in [0.15, 0.2) is 0 Å². The van der Waals surface area contributed by atoms with Gasteiger partial charge in [0.05, 0.1) is 6.04 Å². The van der Waals surface area contributed by atoms with Crippen molar-refractivity contribution in [1.82, 2.24) is 4.90 Å². The van der Waals surface area contributed by atoms with Crippen LogP contribution in [-0.2, 0) is 14.3 Å². The Morgan fingerprint density at radius 2 is 2.06 bits per heavy atom. The lowest BCUT2D eigenvalue weighted by atomic mass is 10.1. The Labute approximate surface area is 107 Å². The summed E-state index contributed by atoms with van der Waals surface area (Å²) in [6.45, 7) is 0.142. The number of amides is 1. The van der Waals surface area contributed by atoms with E-state index in [1.54, 1.807) is 7.11 Å². The van der Waals surface area contributed by atoms with Crippen LogP contribution in [0.15, 0.2) is 0 Å². The first-order valence-corrected chi connectivity index (χ1v) is 6.33. The summed E-state index contributed by atoms with van der Waals surface area (Å²) in [4.78, 5) is 24.4. The minimum absolute atomic E-state index is 0.0298. The second kappa shape index (κ2) is 7.33. The highest BCUT2D eigenvalue weighted by atomic mass is 16.5. The Hall–Kier alpha value is -1.14. The van der Waals surface area contributed by atoms with E-state index in [1.165, 1.54) is 4.90 Å². The predicted octanol–water partition coefficient (Wildman–Crippen LogP) is 0.206. The minimum atomic E-state index is -0.991. The monoisotopic (exact) mass is 258 g/mol. The van der Waals surface area contributed by atoms with Gasteiger partial charge in [0.25, 0.3) is 0 Å². The van der Waals surface area contributed by atoms with Crippen molar-refractivity contribution in [3.8, 4) is 0 Å². The number of carbonyl (C=O) groups excluding carboxylic acids is 1. The van der Waals surface area contributed by atoms with Gasteiger partial charge in [-0.25, -0.2) is 0 Å². The van der Waals surface area contributed by atoms with Gasteiger partial charge in [-0.15, -0.1) is 0 Å². The lowest BCUT2D eigenvalue weighted by Gasteiger charge is -2.29. The molecule has 0 radical (unpaired) electrons. The zero-order chi connectivity index (χ0) is 13.5. The van der Waals surface area contributed by atoms with Crippen molar-refractivity contribution in [1.29, 1.82) is 0 Å². The van der Waals surface area contributed by atoms with Crippen LogP contribution in [0.5, 0.6) is 0 Å². The van der Waals surface area contributed by atoms with Crippen molar-refractivity contribution in [3.63, 3.8) is 0 Å². The fourth-order valence-electron chi connectivity index (χ4n) is 2.33. The molecule has 0 aromatic carbocycles. The Morgan fingerprint density at radius 1 is 1.44 bits per heavy atom. The first kappa shape index (κ1) is 14.9. The van der Waals surface area contributed by atoms with Gasteiger partial charge in [-0.3, -0.25) is 9.59 Å². The molecule has 6 heteroatoms. The molecule has 1 rings (SSSR count). The van der Waals surface area contributed by atoms with Crippen molar-refractivity contribution in [2.45, 2.75) is 44.2 Å². The summed E-state index contributed by atoms with van der Waals surface area (Å²) in [6.07, 6.45) is 4.24. The van der Waals surface area contributed by atoms with Gasteiger partial charge in [-0.2, -0.15) is 0 Å². The molecule has 1 atom stereocenters. The summed E-state index contributed by atoms with van der Waals surface area (Å²) < 4.78 is 4.88. The number of carbonyl (C=O) groups is 2. The van der Waals surface area contributed by atoms with Gasteiger partial charge < -0.3 is 20.5 Å². The minimum Gasteiger partial charge on any atom is -0.480 e. The van der Waals surface area contributed by atoms with Crippen LogP contribution in [0, 0.1) is 0 Å². The highest BCUT2D eigenvalue weighted by Crippen LogP contribution is 2.24. The van der Waals surface area contributed by atoms with Gasteiger partial charge in [0, 0.05) is 19.8 Å². The van der Waals surface area contributed by atoms with Crippen molar-refractivity contribution in [2.75, 3.05) is 20.3 Å². The largest absolute Gasteiger partial charge is 0.480 e. The fraction of sp³-hybridized carbons (Fsp3) is 0.833.